The van der Waals surface area contributed by atoms with Crippen LogP contribution in [-0.4, -0.2) is 11.4 Å². The molecule has 0 spiro atoms. The lowest BCUT2D eigenvalue weighted by atomic mass is 10.0. The van der Waals surface area contributed by atoms with Crippen molar-refractivity contribution in [1.82, 2.24) is 0 Å². The number of alkyl halides is 2. The quantitative estimate of drug-likeness (QED) is 0.462. The number of benzene rings is 2. The first-order valence-corrected chi connectivity index (χ1v) is 8.07. The maximum Gasteiger partial charge on any atom is 0.140 e. The first-order chi connectivity index (χ1) is 10.4. The second-order valence-electron chi connectivity index (χ2n) is 5.20. The van der Waals surface area contributed by atoms with Crippen molar-refractivity contribution >= 4 is 39.1 Å². The maximum atomic E-state index is 13.7. The van der Waals surface area contributed by atoms with E-state index in [1.54, 1.807) is 19.2 Å². The molecule has 1 aliphatic rings. The summed E-state index contributed by atoms with van der Waals surface area (Å²) in [5, 5.41) is 0. The molecular formula is C16H11BrCl2F2O. The van der Waals surface area contributed by atoms with Gasteiger partial charge in [-0.3, -0.25) is 0 Å². The van der Waals surface area contributed by atoms with Crippen molar-refractivity contribution in [3.05, 3.63) is 63.6 Å². The number of methoxy groups -OCH3 is 1. The zero-order chi connectivity index (χ0) is 16.1. The van der Waals surface area contributed by atoms with Gasteiger partial charge in [-0.05, 0) is 51.3 Å². The Labute approximate surface area is 145 Å². The molecule has 116 valence electrons. The Morgan fingerprint density at radius 3 is 2.00 bits per heavy atom. The van der Waals surface area contributed by atoms with Crippen LogP contribution in [0, 0.1) is 11.6 Å². The average Bonchev–Trinajstić information content (AvgIpc) is 3.07. The summed E-state index contributed by atoms with van der Waals surface area (Å²) in [6.07, 6.45) is 0. The molecule has 0 unspecified atom stereocenters. The van der Waals surface area contributed by atoms with Gasteiger partial charge >= 0.3 is 0 Å². The van der Waals surface area contributed by atoms with Gasteiger partial charge < -0.3 is 4.74 Å². The van der Waals surface area contributed by atoms with Crippen LogP contribution < -0.4 is 4.74 Å². The molecule has 0 heterocycles. The Morgan fingerprint density at radius 1 is 1.00 bits per heavy atom. The number of hydrogen-bond acceptors (Lipinski definition) is 1. The van der Waals surface area contributed by atoms with Crippen molar-refractivity contribution in [3.8, 4) is 5.75 Å². The summed E-state index contributed by atoms with van der Waals surface area (Å²) in [5.74, 6) is -1.20. The Bertz CT molecular complexity index is 696. The number of hydrogen-bond donors (Lipinski definition) is 0. The summed E-state index contributed by atoms with van der Waals surface area (Å²) in [4.78, 5) is 0. The molecule has 6 heteroatoms. The highest BCUT2D eigenvalue weighted by atomic mass is 79.9. The summed E-state index contributed by atoms with van der Waals surface area (Å²) in [6, 6.07) is 9.85. The van der Waals surface area contributed by atoms with Crippen molar-refractivity contribution in [2.75, 3.05) is 7.11 Å². The summed E-state index contributed by atoms with van der Waals surface area (Å²) in [5.41, 5.74) is 1.35. The van der Waals surface area contributed by atoms with Crippen molar-refractivity contribution in [2.45, 2.75) is 16.2 Å². The van der Waals surface area contributed by atoms with Gasteiger partial charge in [0.15, 0.2) is 0 Å². The van der Waals surface area contributed by atoms with Crippen LogP contribution in [0.2, 0.25) is 0 Å². The molecule has 1 aliphatic carbocycles. The summed E-state index contributed by atoms with van der Waals surface area (Å²) < 4.78 is 31.3. The van der Waals surface area contributed by atoms with Crippen molar-refractivity contribution in [2.24, 2.45) is 0 Å². The van der Waals surface area contributed by atoms with E-state index in [1.165, 1.54) is 12.1 Å². The second kappa shape index (κ2) is 5.66. The van der Waals surface area contributed by atoms with Crippen LogP contribution in [0.5, 0.6) is 5.75 Å². The molecule has 0 radical (unpaired) electrons. The highest BCUT2D eigenvalue weighted by Crippen LogP contribution is 2.70. The third-order valence-corrected chi connectivity index (χ3v) is 5.59. The number of halogens is 5. The topological polar surface area (TPSA) is 9.23 Å². The molecule has 1 nitrogen and oxygen atoms in total. The van der Waals surface area contributed by atoms with E-state index in [9.17, 15) is 8.78 Å². The molecule has 0 N–H and O–H groups in total. The van der Waals surface area contributed by atoms with Crippen LogP contribution in [0.1, 0.15) is 23.0 Å². The van der Waals surface area contributed by atoms with Gasteiger partial charge in [-0.15, -0.1) is 23.2 Å². The minimum atomic E-state index is -1.08. The highest BCUT2D eigenvalue weighted by Gasteiger charge is 2.64. The molecular weight excluding hydrogens is 397 g/mol. The Kier molecular flexibility index (Phi) is 4.12. The van der Waals surface area contributed by atoms with Gasteiger partial charge in [0.25, 0.3) is 0 Å². The van der Waals surface area contributed by atoms with Crippen molar-refractivity contribution in [3.63, 3.8) is 0 Å². The minimum absolute atomic E-state index is 0.187. The maximum absolute atomic E-state index is 13.7. The van der Waals surface area contributed by atoms with E-state index in [0.29, 0.717) is 5.56 Å². The molecule has 3 rings (SSSR count). The van der Waals surface area contributed by atoms with Crippen LogP contribution >= 0.6 is 39.1 Å². The fraction of sp³-hybridized carbons (Fsp3) is 0.250. The van der Waals surface area contributed by atoms with E-state index >= 15 is 0 Å². The number of rotatable bonds is 3. The first-order valence-electron chi connectivity index (χ1n) is 6.52. The Morgan fingerprint density at radius 2 is 1.50 bits per heavy atom. The smallest absolute Gasteiger partial charge is 0.140 e. The summed E-state index contributed by atoms with van der Waals surface area (Å²) in [7, 11) is 1.58. The van der Waals surface area contributed by atoms with Gasteiger partial charge in [0.05, 0.1) is 11.6 Å². The SMILES string of the molecule is COc1ccc([C@@H]2[C@@H](c3cc(F)c(Br)c(F)c3)C2(Cl)Cl)cc1. The van der Waals surface area contributed by atoms with E-state index in [4.69, 9.17) is 27.9 Å². The monoisotopic (exact) mass is 406 g/mol. The predicted molar refractivity (Wildman–Crippen MR) is 87.0 cm³/mol. The number of ether oxygens (including phenoxy) is 1. The lowest BCUT2D eigenvalue weighted by Gasteiger charge is -2.04. The average molecular weight is 408 g/mol. The largest absolute Gasteiger partial charge is 0.497 e. The minimum Gasteiger partial charge on any atom is -0.497 e. The van der Waals surface area contributed by atoms with Crippen molar-refractivity contribution < 1.29 is 13.5 Å². The van der Waals surface area contributed by atoms with Crippen LogP contribution in [-0.2, 0) is 0 Å². The Hall–Kier alpha value is -0.840. The summed E-state index contributed by atoms with van der Waals surface area (Å²) in [6.45, 7) is 0. The van der Waals surface area contributed by atoms with Gasteiger partial charge in [-0.1, -0.05) is 12.1 Å². The van der Waals surface area contributed by atoms with E-state index in [0.717, 1.165) is 11.3 Å². The molecule has 2 atom stereocenters. The first kappa shape index (κ1) is 16.0. The van der Waals surface area contributed by atoms with Gasteiger partial charge in [0, 0.05) is 11.8 Å². The zero-order valence-corrected chi connectivity index (χ0v) is 14.5. The van der Waals surface area contributed by atoms with Crippen LogP contribution in [0.25, 0.3) is 0 Å². The zero-order valence-electron chi connectivity index (χ0n) is 11.4. The molecule has 0 bridgehead atoms. The molecule has 0 aromatic heterocycles. The molecule has 22 heavy (non-hydrogen) atoms. The molecule has 0 saturated heterocycles. The summed E-state index contributed by atoms with van der Waals surface area (Å²) >= 11 is 15.5. The third-order valence-electron chi connectivity index (χ3n) is 3.89. The lowest BCUT2D eigenvalue weighted by Crippen LogP contribution is -1.94. The molecule has 1 fully saturated rings. The second-order valence-corrected chi connectivity index (χ2v) is 7.44. The van der Waals surface area contributed by atoms with Crippen LogP contribution in [0.15, 0.2) is 40.9 Å². The van der Waals surface area contributed by atoms with E-state index in [2.05, 4.69) is 15.9 Å². The molecule has 2 aromatic carbocycles. The predicted octanol–water partition coefficient (Wildman–Crippen LogP) is 5.79. The van der Waals surface area contributed by atoms with Gasteiger partial charge in [-0.25, -0.2) is 8.78 Å². The Balaban J connectivity index is 1.95. The molecule has 2 aromatic rings. The lowest BCUT2D eigenvalue weighted by molar-refractivity contribution is 0.414. The van der Waals surface area contributed by atoms with E-state index < -0.39 is 16.0 Å². The van der Waals surface area contributed by atoms with Gasteiger partial charge in [-0.2, -0.15) is 0 Å². The fourth-order valence-electron chi connectivity index (χ4n) is 2.72. The van der Waals surface area contributed by atoms with Crippen molar-refractivity contribution in [1.29, 1.82) is 0 Å². The fourth-order valence-corrected chi connectivity index (χ4v) is 3.83. The highest BCUT2D eigenvalue weighted by molar-refractivity contribution is 9.10. The van der Waals surface area contributed by atoms with Crippen LogP contribution in [0.3, 0.4) is 0 Å². The van der Waals surface area contributed by atoms with E-state index in [-0.39, 0.29) is 16.3 Å². The van der Waals surface area contributed by atoms with Gasteiger partial charge in [0.2, 0.25) is 0 Å². The standard InChI is InChI=1S/C16H11BrCl2F2O/c1-22-10-4-2-8(3-5-10)13-14(16(13,18)19)9-6-11(20)15(17)12(21)7-9/h2-7,13-14H,1H3/t13-,14-/m1/s1. The molecule has 0 aliphatic heterocycles. The van der Waals surface area contributed by atoms with E-state index in [1.807, 2.05) is 12.1 Å². The third kappa shape index (κ3) is 2.61. The molecule has 1 saturated carbocycles. The normalized spacial score (nSPS) is 22.5. The van der Waals surface area contributed by atoms with Gasteiger partial charge in [0.1, 0.15) is 21.7 Å². The van der Waals surface area contributed by atoms with Crippen LogP contribution in [0.4, 0.5) is 8.78 Å². The molecule has 0 amide bonds.